The van der Waals surface area contributed by atoms with Gasteiger partial charge in [0.1, 0.15) is 5.75 Å². The van der Waals surface area contributed by atoms with Crippen molar-refractivity contribution in [3.8, 4) is 5.75 Å². The Balaban J connectivity index is 1.40. The standard InChI is InChI=1S/C22H28N6O2/c1-27-4-3-16-8-20(30-2)19(7-17(16)12-27)25-22-23-9-18-10-24-28(21(18)26-22)11-14-5-15(6-14)13-29/h7-10,14-15,29H,3-6,11-13H2,1-2H3,(H,23,25,26). The van der Waals surface area contributed by atoms with Crippen LogP contribution in [0.2, 0.25) is 0 Å². The molecule has 0 radical (unpaired) electrons. The molecule has 2 N–H and O–H groups in total. The van der Waals surface area contributed by atoms with Crippen LogP contribution in [-0.2, 0) is 19.5 Å². The lowest BCUT2D eigenvalue weighted by atomic mass is 9.75. The van der Waals surface area contributed by atoms with Gasteiger partial charge in [0.05, 0.1) is 24.4 Å². The third-order valence-corrected chi connectivity index (χ3v) is 6.37. The summed E-state index contributed by atoms with van der Waals surface area (Å²) in [5, 5.41) is 18.0. The van der Waals surface area contributed by atoms with Crippen molar-refractivity contribution < 1.29 is 9.84 Å². The Bertz CT molecular complexity index is 1060. The quantitative estimate of drug-likeness (QED) is 0.648. The van der Waals surface area contributed by atoms with Gasteiger partial charge in [-0.25, -0.2) is 9.67 Å². The molecular weight excluding hydrogens is 380 g/mol. The molecule has 0 saturated heterocycles. The maximum atomic E-state index is 9.25. The van der Waals surface area contributed by atoms with Crippen LogP contribution < -0.4 is 10.1 Å². The summed E-state index contributed by atoms with van der Waals surface area (Å²) in [4.78, 5) is 11.5. The number of hydrogen-bond acceptors (Lipinski definition) is 7. The van der Waals surface area contributed by atoms with Crippen LogP contribution in [0.25, 0.3) is 11.0 Å². The van der Waals surface area contributed by atoms with Crippen molar-refractivity contribution in [2.45, 2.75) is 32.4 Å². The third kappa shape index (κ3) is 3.61. The van der Waals surface area contributed by atoms with Gasteiger partial charge in [-0.3, -0.25) is 0 Å². The van der Waals surface area contributed by atoms with Crippen molar-refractivity contribution in [3.63, 3.8) is 0 Å². The molecule has 0 unspecified atom stereocenters. The second kappa shape index (κ2) is 7.85. The number of nitrogens with one attached hydrogen (secondary N) is 1. The molecule has 0 amide bonds. The van der Waals surface area contributed by atoms with Crippen LogP contribution in [0.3, 0.4) is 0 Å². The van der Waals surface area contributed by atoms with Gasteiger partial charge in [0.25, 0.3) is 0 Å². The molecule has 8 heteroatoms. The van der Waals surface area contributed by atoms with Gasteiger partial charge < -0.3 is 20.1 Å². The van der Waals surface area contributed by atoms with E-state index in [2.05, 4.69) is 39.5 Å². The summed E-state index contributed by atoms with van der Waals surface area (Å²) in [6.07, 6.45) is 6.76. The number of benzene rings is 1. The van der Waals surface area contributed by atoms with E-state index in [4.69, 9.17) is 9.72 Å². The predicted octanol–water partition coefficient (Wildman–Crippen LogP) is 2.58. The van der Waals surface area contributed by atoms with Crippen LogP contribution in [0, 0.1) is 11.8 Å². The van der Waals surface area contributed by atoms with Gasteiger partial charge in [0, 0.05) is 32.4 Å². The minimum Gasteiger partial charge on any atom is -0.495 e. The Morgan fingerprint density at radius 3 is 2.87 bits per heavy atom. The lowest BCUT2D eigenvalue weighted by molar-refractivity contribution is 0.0952. The first-order valence-electron chi connectivity index (χ1n) is 10.6. The van der Waals surface area contributed by atoms with Crippen molar-refractivity contribution in [1.29, 1.82) is 0 Å². The number of anilines is 2. The summed E-state index contributed by atoms with van der Waals surface area (Å²) in [7, 11) is 3.84. The Labute approximate surface area is 175 Å². The number of rotatable bonds is 6. The SMILES string of the molecule is COc1cc2c(cc1Nc1ncc3cnn(CC4CC(CO)C4)c3n1)CN(C)CC2. The van der Waals surface area contributed by atoms with Crippen LogP contribution in [0.1, 0.15) is 24.0 Å². The number of nitrogens with zero attached hydrogens (tertiary/aromatic N) is 5. The fourth-order valence-electron chi connectivity index (χ4n) is 4.59. The normalized spacial score (nSPS) is 21.3. The van der Waals surface area contributed by atoms with E-state index < -0.39 is 0 Å². The van der Waals surface area contributed by atoms with Crippen molar-refractivity contribution in [2.24, 2.45) is 11.8 Å². The first-order chi connectivity index (χ1) is 14.6. The van der Waals surface area contributed by atoms with E-state index >= 15 is 0 Å². The van der Waals surface area contributed by atoms with E-state index in [0.29, 0.717) is 17.8 Å². The molecule has 158 valence electrons. The molecule has 1 saturated carbocycles. The molecule has 0 bridgehead atoms. The lowest BCUT2D eigenvalue weighted by Crippen LogP contribution is -2.30. The number of likely N-dealkylation sites (N-methyl/N-ethyl adjacent to an activating group) is 1. The van der Waals surface area contributed by atoms with Crippen LogP contribution in [0.5, 0.6) is 5.75 Å². The Morgan fingerprint density at radius 2 is 2.07 bits per heavy atom. The highest BCUT2D eigenvalue weighted by atomic mass is 16.5. The summed E-state index contributed by atoms with van der Waals surface area (Å²) >= 11 is 0. The minimum atomic E-state index is 0.283. The molecule has 3 heterocycles. The average molecular weight is 409 g/mol. The van der Waals surface area contributed by atoms with Gasteiger partial charge in [0.15, 0.2) is 5.65 Å². The van der Waals surface area contributed by atoms with Gasteiger partial charge >= 0.3 is 0 Å². The van der Waals surface area contributed by atoms with Crippen molar-refractivity contribution in [3.05, 3.63) is 35.7 Å². The fraction of sp³-hybridized carbons (Fsp3) is 0.500. The number of fused-ring (bicyclic) bond motifs is 2. The molecule has 1 aliphatic heterocycles. The van der Waals surface area contributed by atoms with E-state index in [0.717, 1.165) is 61.4 Å². The van der Waals surface area contributed by atoms with E-state index in [1.54, 1.807) is 7.11 Å². The average Bonchev–Trinajstić information content (AvgIpc) is 3.12. The monoisotopic (exact) mass is 408 g/mol. The minimum absolute atomic E-state index is 0.283. The summed E-state index contributed by atoms with van der Waals surface area (Å²) in [6, 6.07) is 4.28. The smallest absolute Gasteiger partial charge is 0.229 e. The van der Waals surface area contributed by atoms with E-state index in [-0.39, 0.29) is 6.61 Å². The molecule has 3 aromatic rings. The summed E-state index contributed by atoms with van der Waals surface area (Å²) in [6.45, 7) is 3.10. The molecule has 5 rings (SSSR count). The molecule has 2 aromatic heterocycles. The van der Waals surface area contributed by atoms with Crippen LogP contribution in [0.4, 0.5) is 11.6 Å². The van der Waals surface area contributed by atoms with Crippen LogP contribution in [0.15, 0.2) is 24.5 Å². The zero-order valence-corrected chi connectivity index (χ0v) is 17.5. The van der Waals surface area contributed by atoms with Crippen LogP contribution >= 0.6 is 0 Å². The Kier molecular flexibility index (Phi) is 5.04. The Hall–Kier alpha value is -2.71. The molecule has 1 fully saturated rings. The highest BCUT2D eigenvalue weighted by Crippen LogP contribution is 2.35. The topological polar surface area (TPSA) is 88.3 Å². The number of aliphatic hydroxyl groups is 1. The Morgan fingerprint density at radius 1 is 1.20 bits per heavy atom. The zero-order chi connectivity index (χ0) is 20.7. The molecule has 0 atom stereocenters. The molecule has 30 heavy (non-hydrogen) atoms. The number of ether oxygens (including phenoxy) is 1. The molecular formula is C22H28N6O2. The van der Waals surface area contributed by atoms with Crippen molar-refractivity contribution in [2.75, 3.05) is 32.6 Å². The fourth-order valence-corrected chi connectivity index (χ4v) is 4.59. The van der Waals surface area contributed by atoms with E-state index in [9.17, 15) is 5.11 Å². The number of methoxy groups -OCH3 is 1. The van der Waals surface area contributed by atoms with Crippen molar-refractivity contribution >= 4 is 22.7 Å². The van der Waals surface area contributed by atoms with Gasteiger partial charge in [0.2, 0.25) is 5.95 Å². The second-order valence-electron chi connectivity index (χ2n) is 8.62. The largest absolute Gasteiger partial charge is 0.495 e. The molecule has 8 nitrogen and oxygen atoms in total. The number of aliphatic hydroxyl groups excluding tert-OH is 1. The molecule has 2 aliphatic rings. The zero-order valence-electron chi connectivity index (χ0n) is 17.5. The summed E-state index contributed by atoms with van der Waals surface area (Å²) in [5.41, 5.74) is 4.35. The first-order valence-corrected chi connectivity index (χ1v) is 10.6. The second-order valence-corrected chi connectivity index (χ2v) is 8.62. The summed E-state index contributed by atoms with van der Waals surface area (Å²) in [5.74, 6) is 2.34. The van der Waals surface area contributed by atoms with E-state index in [1.165, 1.54) is 11.1 Å². The number of hydrogen-bond donors (Lipinski definition) is 2. The highest BCUT2D eigenvalue weighted by molar-refractivity contribution is 5.76. The van der Waals surface area contributed by atoms with Gasteiger partial charge in [-0.1, -0.05) is 0 Å². The lowest BCUT2D eigenvalue weighted by Gasteiger charge is -2.33. The highest BCUT2D eigenvalue weighted by Gasteiger charge is 2.29. The third-order valence-electron chi connectivity index (χ3n) is 6.37. The van der Waals surface area contributed by atoms with Gasteiger partial charge in [-0.05, 0) is 61.4 Å². The first kappa shape index (κ1) is 19.3. The predicted molar refractivity (Wildman–Crippen MR) is 115 cm³/mol. The van der Waals surface area contributed by atoms with Gasteiger partial charge in [-0.15, -0.1) is 0 Å². The van der Waals surface area contributed by atoms with E-state index in [1.807, 2.05) is 17.1 Å². The summed E-state index contributed by atoms with van der Waals surface area (Å²) < 4.78 is 7.59. The molecule has 1 aromatic carbocycles. The van der Waals surface area contributed by atoms with Gasteiger partial charge in [-0.2, -0.15) is 10.1 Å². The maximum Gasteiger partial charge on any atom is 0.229 e. The maximum absolute atomic E-state index is 9.25. The van der Waals surface area contributed by atoms with Crippen LogP contribution in [-0.4, -0.2) is 57.1 Å². The molecule has 0 spiro atoms. The molecule has 1 aliphatic carbocycles. The number of aromatic nitrogens is 4. The van der Waals surface area contributed by atoms with Crippen molar-refractivity contribution in [1.82, 2.24) is 24.6 Å².